The molecule has 0 saturated carbocycles. The van der Waals surface area contributed by atoms with E-state index in [4.69, 9.17) is 0 Å². The second-order valence-electron chi connectivity index (χ2n) is 4.87. The molecule has 0 bridgehead atoms. The summed E-state index contributed by atoms with van der Waals surface area (Å²) in [6, 6.07) is 14.1. The van der Waals surface area contributed by atoms with Crippen molar-refractivity contribution in [3.63, 3.8) is 0 Å². The number of benzene rings is 2. The summed E-state index contributed by atoms with van der Waals surface area (Å²) in [5.41, 5.74) is 0.836. The maximum atomic E-state index is 12.1. The number of hydrogen-bond acceptors (Lipinski definition) is 1. The Morgan fingerprint density at radius 1 is 1.00 bits per heavy atom. The smallest absolute Gasteiger partial charge is 0.162 e. The number of carbonyl (C=O) groups excluding carboxylic acids is 1. The molecule has 2 rings (SSSR count). The summed E-state index contributed by atoms with van der Waals surface area (Å²) in [6.45, 7) is 3.70. The average Bonchev–Trinajstić information content (AvgIpc) is 2.46. The van der Waals surface area contributed by atoms with E-state index in [0.29, 0.717) is 6.42 Å². The molecule has 0 fully saturated rings. The lowest BCUT2D eigenvalue weighted by molar-refractivity contribution is 0.0979. The molecule has 1 heteroatoms. The molecule has 0 aliphatic rings. The fourth-order valence-electron chi connectivity index (χ4n) is 2.26. The molecule has 1 nitrogen and oxygen atoms in total. The molecule has 0 atom stereocenters. The minimum Gasteiger partial charge on any atom is -0.294 e. The van der Waals surface area contributed by atoms with Crippen LogP contribution in [0.1, 0.15) is 42.5 Å². The van der Waals surface area contributed by atoms with Crippen LogP contribution in [0.25, 0.3) is 10.8 Å². The number of ketones is 1. The van der Waals surface area contributed by atoms with Gasteiger partial charge in [0.05, 0.1) is 0 Å². The molecule has 0 saturated heterocycles. The molecule has 0 unspecified atom stereocenters. The van der Waals surface area contributed by atoms with E-state index in [0.717, 1.165) is 36.6 Å². The highest BCUT2D eigenvalue weighted by atomic mass is 16.1. The maximum Gasteiger partial charge on any atom is 0.162 e. The van der Waals surface area contributed by atoms with Crippen LogP contribution < -0.4 is 0 Å². The minimum absolute atomic E-state index is 0.254. The summed E-state index contributed by atoms with van der Waals surface area (Å²) < 4.78 is 0. The van der Waals surface area contributed by atoms with Gasteiger partial charge in [0.2, 0.25) is 0 Å². The van der Waals surface area contributed by atoms with Crippen molar-refractivity contribution in [2.45, 2.75) is 32.1 Å². The molecule has 98 valence electrons. The van der Waals surface area contributed by atoms with E-state index in [1.807, 2.05) is 36.4 Å². The highest BCUT2D eigenvalue weighted by Crippen LogP contribution is 2.17. The van der Waals surface area contributed by atoms with E-state index in [9.17, 15) is 4.79 Å². The number of carbonyl (C=O) groups is 1. The molecule has 2 aromatic rings. The normalized spacial score (nSPS) is 10.5. The third-order valence-electron chi connectivity index (χ3n) is 3.38. The molecule has 0 spiro atoms. The minimum atomic E-state index is 0.254. The molecule has 0 amide bonds. The zero-order chi connectivity index (χ0) is 13.5. The van der Waals surface area contributed by atoms with E-state index >= 15 is 0 Å². The summed E-state index contributed by atoms with van der Waals surface area (Å²) in [5.74, 6) is 0.254. The molecule has 0 aromatic heterocycles. The maximum absolute atomic E-state index is 12.1. The SMILES string of the molecule is C=CCCCCCC(=O)c1ccc2ccccc2c1. The highest BCUT2D eigenvalue weighted by molar-refractivity contribution is 5.99. The number of hydrogen-bond donors (Lipinski definition) is 0. The number of Topliss-reactive ketones (excluding diaryl/α,β-unsaturated/α-hetero) is 1. The first-order valence-corrected chi connectivity index (χ1v) is 6.94. The van der Waals surface area contributed by atoms with Crippen molar-refractivity contribution in [1.29, 1.82) is 0 Å². The summed E-state index contributed by atoms with van der Waals surface area (Å²) in [7, 11) is 0. The Balaban J connectivity index is 1.95. The molecular formula is C18H20O. The molecule has 19 heavy (non-hydrogen) atoms. The van der Waals surface area contributed by atoms with E-state index in [1.165, 1.54) is 5.39 Å². The Morgan fingerprint density at radius 3 is 2.58 bits per heavy atom. The lowest BCUT2D eigenvalue weighted by Gasteiger charge is -2.03. The summed E-state index contributed by atoms with van der Waals surface area (Å²) in [4.78, 5) is 12.1. The van der Waals surface area contributed by atoms with Gasteiger partial charge in [0.1, 0.15) is 0 Å². The Bertz CT molecular complexity index is 569. The van der Waals surface area contributed by atoms with Crippen molar-refractivity contribution in [3.05, 3.63) is 60.7 Å². The van der Waals surface area contributed by atoms with Crippen LogP contribution in [0.2, 0.25) is 0 Å². The number of allylic oxidation sites excluding steroid dienone is 1. The Hall–Kier alpha value is -1.89. The first kappa shape index (κ1) is 13.5. The Morgan fingerprint density at radius 2 is 1.79 bits per heavy atom. The second-order valence-corrected chi connectivity index (χ2v) is 4.87. The number of unbranched alkanes of at least 4 members (excludes halogenated alkanes) is 3. The fourth-order valence-corrected chi connectivity index (χ4v) is 2.26. The standard InChI is InChI=1S/C18H20O/c1-2-3-4-5-6-11-18(19)17-13-12-15-9-7-8-10-16(15)14-17/h2,7-10,12-14H,1,3-6,11H2. The van der Waals surface area contributed by atoms with Crippen LogP contribution >= 0.6 is 0 Å². The predicted octanol–water partition coefficient (Wildman–Crippen LogP) is 5.16. The van der Waals surface area contributed by atoms with Crippen molar-refractivity contribution in [3.8, 4) is 0 Å². The molecule has 2 aromatic carbocycles. The van der Waals surface area contributed by atoms with Crippen molar-refractivity contribution in [2.24, 2.45) is 0 Å². The van der Waals surface area contributed by atoms with Gasteiger partial charge in [-0.15, -0.1) is 6.58 Å². The van der Waals surface area contributed by atoms with Gasteiger partial charge in [-0.25, -0.2) is 0 Å². The second kappa shape index (κ2) is 6.89. The van der Waals surface area contributed by atoms with Crippen molar-refractivity contribution < 1.29 is 4.79 Å². The summed E-state index contributed by atoms with van der Waals surface area (Å²) in [5, 5.41) is 2.32. The molecule has 0 aliphatic carbocycles. The van der Waals surface area contributed by atoms with Gasteiger partial charge in [0, 0.05) is 12.0 Å². The van der Waals surface area contributed by atoms with E-state index in [1.54, 1.807) is 0 Å². The molecule has 0 aliphatic heterocycles. The summed E-state index contributed by atoms with van der Waals surface area (Å²) >= 11 is 0. The Labute approximate surface area is 115 Å². The van der Waals surface area contributed by atoms with Crippen LogP contribution in [0.5, 0.6) is 0 Å². The first-order chi connectivity index (χ1) is 9.31. The van der Waals surface area contributed by atoms with Crippen LogP contribution in [-0.4, -0.2) is 5.78 Å². The zero-order valence-electron chi connectivity index (χ0n) is 11.3. The van der Waals surface area contributed by atoms with Crippen molar-refractivity contribution in [2.75, 3.05) is 0 Å². The lowest BCUT2D eigenvalue weighted by atomic mass is 10.0. The van der Waals surface area contributed by atoms with Crippen LogP contribution in [0.3, 0.4) is 0 Å². The fraction of sp³-hybridized carbons (Fsp3) is 0.278. The number of fused-ring (bicyclic) bond motifs is 1. The third kappa shape index (κ3) is 3.78. The van der Waals surface area contributed by atoms with Crippen LogP contribution in [0.15, 0.2) is 55.1 Å². The van der Waals surface area contributed by atoms with Gasteiger partial charge in [-0.3, -0.25) is 4.79 Å². The third-order valence-corrected chi connectivity index (χ3v) is 3.38. The molecule has 0 heterocycles. The lowest BCUT2D eigenvalue weighted by Crippen LogP contribution is -1.98. The first-order valence-electron chi connectivity index (χ1n) is 6.94. The molecular weight excluding hydrogens is 232 g/mol. The van der Waals surface area contributed by atoms with Crippen LogP contribution in [-0.2, 0) is 0 Å². The van der Waals surface area contributed by atoms with Gasteiger partial charge in [-0.1, -0.05) is 48.9 Å². The predicted molar refractivity (Wildman–Crippen MR) is 81.6 cm³/mol. The van der Waals surface area contributed by atoms with Gasteiger partial charge in [0.15, 0.2) is 5.78 Å². The monoisotopic (exact) mass is 252 g/mol. The van der Waals surface area contributed by atoms with Crippen molar-refractivity contribution in [1.82, 2.24) is 0 Å². The van der Waals surface area contributed by atoms with E-state index in [2.05, 4.69) is 18.7 Å². The quantitative estimate of drug-likeness (QED) is 0.378. The number of rotatable bonds is 7. The van der Waals surface area contributed by atoms with E-state index < -0.39 is 0 Å². The zero-order valence-corrected chi connectivity index (χ0v) is 11.3. The van der Waals surface area contributed by atoms with Crippen LogP contribution in [0.4, 0.5) is 0 Å². The highest BCUT2D eigenvalue weighted by Gasteiger charge is 2.06. The topological polar surface area (TPSA) is 17.1 Å². The largest absolute Gasteiger partial charge is 0.294 e. The summed E-state index contributed by atoms with van der Waals surface area (Å²) in [6.07, 6.45) is 6.84. The van der Waals surface area contributed by atoms with Gasteiger partial charge in [0.25, 0.3) is 0 Å². The van der Waals surface area contributed by atoms with E-state index in [-0.39, 0.29) is 5.78 Å². The van der Waals surface area contributed by atoms with Crippen LogP contribution in [0, 0.1) is 0 Å². The van der Waals surface area contributed by atoms with Gasteiger partial charge >= 0.3 is 0 Å². The van der Waals surface area contributed by atoms with Gasteiger partial charge < -0.3 is 0 Å². The average molecular weight is 252 g/mol. The molecule has 0 radical (unpaired) electrons. The van der Waals surface area contributed by atoms with Gasteiger partial charge in [-0.05, 0) is 36.1 Å². The van der Waals surface area contributed by atoms with Gasteiger partial charge in [-0.2, -0.15) is 0 Å². The molecule has 0 N–H and O–H groups in total. The Kier molecular flexibility index (Phi) is 4.91. The van der Waals surface area contributed by atoms with Crippen molar-refractivity contribution >= 4 is 16.6 Å².